The number of hydrogen-bond acceptors (Lipinski definition) is 4. The first-order valence-electron chi connectivity index (χ1n) is 9.69. The second-order valence-corrected chi connectivity index (χ2v) is 10.9. The van der Waals surface area contributed by atoms with Crippen molar-refractivity contribution in [2.75, 3.05) is 18.4 Å². The number of benzene rings is 1. The van der Waals surface area contributed by atoms with Crippen LogP contribution in [0.3, 0.4) is 0 Å². The van der Waals surface area contributed by atoms with Gasteiger partial charge in [0.2, 0.25) is 15.9 Å². The Morgan fingerprint density at radius 3 is 2.50 bits per heavy atom. The Bertz CT molecular complexity index is 942. The van der Waals surface area contributed by atoms with Crippen molar-refractivity contribution in [3.63, 3.8) is 0 Å². The molecule has 0 spiro atoms. The average molecular weight is 421 g/mol. The highest BCUT2D eigenvalue weighted by molar-refractivity contribution is 7.89. The molecule has 0 unspecified atom stereocenters. The van der Waals surface area contributed by atoms with Gasteiger partial charge in [0.15, 0.2) is 0 Å². The van der Waals surface area contributed by atoms with Crippen molar-refractivity contribution in [1.29, 1.82) is 0 Å². The quantitative estimate of drug-likeness (QED) is 0.749. The summed E-state index contributed by atoms with van der Waals surface area (Å²) in [6.45, 7) is 6.85. The first-order chi connectivity index (χ1) is 13.3. The first kappa shape index (κ1) is 21.0. The van der Waals surface area contributed by atoms with Gasteiger partial charge < -0.3 is 5.32 Å². The highest BCUT2D eigenvalue weighted by atomic mass is 32.2. The highest BCUT2D eigenvalue weighted by Crippen LogP contribution is 2.31. The third-order valence-electron chi connectivity index (χ3n) is 5.27. The molecule has 1 aliphatic heterocycles. The lowest BCUT2D eigenvalue weighted by Gasteiger charge is -2.31. The minimum Gasteiger partial charge on any atom is -0.326 e. The summed E-state index contributed by atoms with van der Waals surface area (Å²) in [6, 6.07) is 9.54. The third kappa shape index (κ3) is 5.01. The molecule has 1 amide bonds. The summed E-state index contributed by atoms with van der Waals surface area (Å²) in [5.41, 5.74) is 1.94. The van der Waals surface area contributed by atoms with Crippen LogP contribution in [0.15, 0.2) is 35.2 Å². The molecule has 1 aromatic carbocycles. The molecule has 0 saturated carbocycles. The summed E-state index contributed by atoms with van der Waals surface area (Å²) < 4.78 is 27.4. The molecular weight excluding hydrogens is 392 g/mol. The van der Waals surface area contributed by atoms with Crippen LogP contribution in [0.5, 0.6) is 0 Å². The second-order valence-electron chi connectivity index (χ2n) is 7.58. The van der Waals surface area contributed by atoms with Crippen molar-refractivity contribution in [2.24, 2.45) is 5.92 Å². The van der Waals surface area contributed by atoms with Crippen LogP contribution < -0.4 is 5.32 Å². The van der Waals surface area contributed by atoms with Crippen molar-refractivity contribution >= 4 is 33.0 Å². The molecule has 0 atom stereocenters. The fourth-order valence-electron chi connectivity index (χ4n) is 3.72. The lowest BCUT2D eigenvalue weighted by atomic mass is 9.93. The number of thiophene rings is 1. The van der Waals surface area contributed by atoms with Gasteiger partial charge in [-0.25, -0.2) is 8.42 Å². The van der Waals surface area contributed by atoms with Gasteiger partial charge in [-0.2, -0.15) is 4.31 Å². The number of carbonyl (C=O) groups is 1. The molecule has 3 rings (SSSR count). The monoisotopic (exact) mass is 420 g/mol. The Morgan fingerprint density at radius 2 is 1.89 bits per heavy atom. The maximum Gasteiger partial charge on any atom is 0.244 e. The minimum atomic E-state index is -3.41. The fraction of sp³-hybridized carbons (Fsp3) is 0.476. The number of amides is 1. The predicted octanol–water partition coefficient (Wildman–Crippen LogP) is 4.49. The summed E-state index contributed by atoms with van der Waals surface area (Å²) in [7, 11) is -3.41. The third-order valence-corrected chi connectivity index (χ3v) is 8.39. The minimum absolute atomic E-state index is 0.0185. The Kier molecular flexibility index (Phi) is 6.58. The normalized spacial score (nSPS) is 16.2. The van der Waals surface area contributed by atoms with E-state index >= 15 is 0 Å². The van der Waals surface area contributed by atoms with Gasteiger partial charge in [-0.15, -0.1) is 11.3 Å². The smallest absolute Gasteiger partial charge is 0.244 e. The molecule has 1 aromatic heterocycles. The Hall–Kier alpha value is -1.70. The van der Waals surface area contributed by atoms with E-state index in [2.05, 4.69) is 5.32 Å². The average Bonchev–Trinajstić information content (AvgIpc) is 2.99. The van der Waals surface area contributed by atoms with Crippen molar-refractivity contribution in [3.05, 3.63) is 45.6 Å². The van der Waals surface area contributed by atoms with Crippen molar-refractivity contribution in [1.82, 2.24) is 4.31 Å². The number of aryl methyl sites for hydroxylation is 3. The molecule has 2 aromatic rings. The van der Waals surface area contributed by atoms with Gasteiger partial charge >= 0.3 is 0 Å². The predicted molar refractivity (Wildman–Crippen MR) is 114 cm³/mol. The van der Waals surface area contributed by atoms with E-state index in [9.17, 15) is 13.2 Å². The van der Waals surface area contributed by atoms with Gasteiger partial charge in [0.05, 0.1) is 4.90 Å². The van der Waals surface area contributed by atoms with Crippen LogP contribution in [-0.4, -0.2) is 31.7 Å². The fourth-order valence-corrected chi connectivity index (χ4v) is 6.72. The summed E-state index contributed by atoms with van der Waals surface area (Å²) in [5, 5.41) is 2.94. The van der Waals surface area contributed by atoms with E-state index < -0.39 is 10.0 Å². The van der Waals surface area contributed by atoms with Gasteiger partial charge in [-0.3, -0.25) is 4.79 Å². The molecule has 5 nitrogen and oxygen atoms in total. The zero-order valence-corrected chi connectivity index (χ0v) is 18.3. The van der Waals surface area contributed by atoms with Gasteiger partial charge in [-0.1, -0.05) is 12.1 Å². The van der Waals surface area contributed by atoms with Crippen molar-refractivity contribution in [2.45, 2.75) is 51.3 Å². The Balaban J connectivity index is 1.49. The molecule has 1 N–H and O–H groups in total. The summed E-state index contributed by atoms with van der Waals surface area (Å²) in [5.74, 6) is 0.407. The first-order valence-corrected chi connectivity index (χ1v) is 11.9. The lowest BCUT2D eigenvalue weighted by molar-refractivity contribution is -0.116. The SMILES string of the molecule is Cc1cccc(NC(=O)CCC2CCN(S(=O)(=O)c3cc(C)sc3C)CC2)c1. The Morgan fingerprint density at radius 1 is 1.18 bits per heavy atom. The van der Waals surface area contributed by atoms with Crippen LogP contribution in [0.2, 0.25) is 0 Å². The number of nitrogens with one attached hydrogen (secondary N) is 1. The lowest BCUT2D eigenvalue weighted by Crippen LogP contribution is -2.38. The van der Waals surface area contributed by atoms with Crippen LogP contribution in [0.1, 0.15) is 41.0 Å². The highest BCUT2D eigenvalue weighted by Gasteiger charge is 2.31. The topological polar surface area (TPSA) is 66.5 Å². The van der Waals surface area contributed by atoms with Gasteiger partial charge in [0.1, 0.15) is 0 Å². The van der Waals surface area contributed by atoms with Crippen molar-refractivity contribution < 1.29 is 13.2 Å². The summed E-state index contributed by atoms with van der Waals surface area (Å²) >= 11 is 1.52. The summed E-state index contributed by atoms with van der Waals surface area (Å²) in [6.07, 6.45) is 2.87. The number of carbonyl (C=O) groups excluding carboxylic acids is 1. The van der Waals surface area contributed by atoms with E-state index in [-0.39, 0.29) is 5.91 Å². The second kappa shape index (κ2) is 8.76. The van der Waals surface area contributed by atoms with E-state index in [1.807, 2.05) is 45.0 Å². The number of rotatable bonds is 6. The molecule has 7 heteroatoms. The van der Waals surface area contributed by atoms with Crippen LogP contribution in [0, 0.1) is 26.7 Å². The van der Waals surface area contributed by atoms with Crippen LogP contribution in [-0.2, 0) is 14.8 Å². The molecule has 1 aliphatic rings. The van der Waals surface area contributed by atoms with Gasteiger partial charge in [-0.05, 0) is 69.7 Å². The van der Waals surface area contributed by atoms with E-state index in [0.717, 1.165) is 40.3 Å². The molecule has 152 valence electrons. The van der Waals surface area contributed by atoms with Crippen molar-refractivity contribution in [3.8, 4) is 0 Å². The zero-order chi connectivity index (χ0) is 20.3. The summed E-state index contributed by atoms with van der Waals surface area (Å²) in [4.78, 5) is 14.5. The molecular formula is C21H28N2O3S2. The zero-order valence-electron chi connectivity index (χ0n) is 16.7. The van der Waals surface area contributed by atoms with Crippen LogP contribution in [0.25, 0.3) is 0 Å². The van der Waals surface area contributed by atoms with Crippen LogP contribution >= 0.6 is 11.3 Å². The largest absolute Gasteiger partial charge is 0.326 e. The van der Waals surface area contributed by atoms with E-state index in [4.69, 9.17) is 0 Å². The molecule has 0 bridgehead atoms. The molecule has 0 radical (unpaired) electrons. The molecule has 1 saturated heterocycles. The van der Waals surface area contributed by atoms with E-state index in [1.54, 1.807) is 10.4 Å². The van der Waals surface area contributed by atoms with E-state index in [0.29, 0.717) is 30.3 Å². The molecule has 1 fully saturated rings. The molecule has 2 heterocycles. The number of piperidine rings is 1. The number of sulfonamides is 1. The van der Waals surface area contributed by atoms with Crippen LogP contribution in [0.4, 0.5) is 5.69 Å². The number of anilines is 1. The van der Waals surface area contributed by atoms with Gasteiger partial charge in [0, 0.05) is 35.0 Å². The standard InChI is InChI=1S/C21H28N2O3S2/c1-15-5-4-6-19(13-15)22-21(24)8-7-18-9-11-23(12-10-18)28(25,26)20-14-16(2)27-17(20)3/h4-6,13-14,18H,7-12H2,1-3H3,(H,22,24). The van der Waals surface area contributed by atoms with Gasteiger partial charge in [0.25, 0.3) is 0 Å². The number of hydrogen-bond donors (Lipinski definition) is 1. The van der Waals surface area contributed by atoms with E-state index in [1.165, 1.54) is 11.3 Å². The molecule has 0 aliphatic carbocycles. The Labute approximate surface area is 171 Å². The maximum atomic E-state index is 12.9. The molecule has 28 heavy (non-hydrogen) atoms. The maximum absolute atomic E-state index is 12.9. The number of nitrogens with zero attached hydrogens (tertiary/aromatic N) is 1.